The summed E-state index contributed by atoms with van der Waals surface area (Å²) < 4.78 is 1.80. The number of nitrogens with zero attached hydrogens (tertiary/aromatic N) is 3. The number of hydrogen-bond donors (Lipinski definition) is 2. The lowest BCUT2D eigenvalue weighted by molar-refractivity contribution is 0.194. The maximum atomic E-state index is 9.22. The molecule has 0 aromatic carbocycles. The predicted octanol–water partition coefficient (Wildman–Crippen LogP) is -0.00640. The van der Waals surface area contributed by atoms with Crippen LogP contribution in [0, 0.1) is 0 Å². The Morgan fingerprint density at radius 1 is 1.69 bits per heavy atom. The molecule has 0 saturated heterocycles. The molecule has 5 heteroatoms. The standard InChI is InChI=1S/C8H14N4O/c1-5(13)8-4-12(11-10-8)7-2-6(9)3-7/h4-7,13H,2-3,9H2,1H3/t5?,6-,7-. The van der Waals surface area contributed by atoms with Crippen LogP contribution in [0.15, 0.2) is 6.20 Å². The van der Waals surface area contributed by atoms with Gasteiger partial charge in [-0.3, -0.25) is 0 Å². The third-order valence-electron chi connectivity index (χ3n) is 2.48. The fourth-order valence-electron chi connectivity index (χ4n) is 1.51. The van der Waals surface area contributed by atoms with Crippen LogP contribution in [0.3, 0.4) is 0 Å². The Labute approximate surface area is 76.5 Å². The van der Waals surface area contributed by atoms with Gasteiger partial charge in [-0.2, -0.15) is 0 Å². The Bertz CT molecular complexity index is 290. The molecule has 1 unspecified atom stereocenters. The van der Waals surface area contributed by atoms with Crippen molar-refractivity contribution >= 4 is 0 Å². The second-order valence-corrected chi connectivity index (χ2v) is 3.68. The van der Waals surface area contributed by atoms with Crippen LogP contribution in [0.1, 0.15) is 37.6 Å². The summed E-state index contributed by atoms with van der Waals surface area (Å²) in [4.78, 5) is 0. The van der Waals surface area contributed by atoms with E-state index >= 15 is 0 Å². The van der Waals surface area contributed by atoms with Gasteiger partial charge in [0.1, 0.15) is 5.69 Å². The predicted molar refractivity (Wildman–Crippen MR) is 46.9 cm³/mol. The summed E-state index contributed by atoms with van der Waals surface area (Å²) in [5.41, 5.74) is 6.29. The molecule has 5 nitrogen and oxygen atoms in total. The van der Waals surface area contributed by atoms with Crippen LogP contribution in [0.5, 0.6) is 0 Å². The van der Waals surface area contributed by atoms with Gasteiger partial charge in [-0.15, -0.1) is 5.10 Å². The zero-order valence-corrected chi connectivity index (χ0v) is 7.59. The van der Waals surface area contributed by atoms with Crippen LogP contribution < -0.4 is 5.73 Å². The van der Waals surface area contributed by atoms with Gasteiger partial charge in [0.15, 0.2) is 0 Å². The number of aromatic nitrogens is 3. The molecule has 13 heavy (non-hydrogen) atoms. The molecule has 1 atom stereocenters. The van der Waals surface area contributed by atoms with Gasteiger partial charge in [-0.25, -0.2) is 4.68 Å². The molecular formula is C8H14N4O. The summed E-state index contributed by atoms with van der Waals surface area (Å²) in [5, 5.41) is 17.0. The lowest BCUT2D eigenvalue weighted by atomic mass is 9.88. The van der Waals surface area contributed by atoms with Crippen molar-refractivity contribution in [1.82, 2.24) is 15.0 Å². The number of aliphatic hydroxyl groups is 1. The highest BCUT2D eigenvalue weighted by atomic mass is 16.3. The smallest absolute Gasteiger partial charge is 0.111 e. The average Bonchev–Trinajstić information content (AvgIpc) is 2.46. The number of hydrogen-bond acceptors (Lipinski definition) is 4. The van der Waals surface area contributed by atoms with E-state index in [0.717, 1.165) is 12.8 Å². The number of aliphatic hydroxyl groups excluding tert-OH is 1. The largest absolute Gasteiger partial charge is 0.387 e. The maximum Gasteiger partial charge on any atom is 0.111 e. The summed E-state index contributed by atoms with van der Waals surface area (Å²) in [5.74, 6) is 0. The summed E-state index contributed by atoms with van der Waals surface area (Å²) in [6, 6.07) is 0.694. The van der Waals surface area contributed by atoms with E-state index in [1.807, 2.05) is 0 Å². The van der Waals surface area contributed by atoms with Gasteiger partial charge in [0.25, 0.3) is 0 Å². The number of rotatable bonds is 2. The van der Waals surface area contributed by atoms with Crippen molar-refractivity contribution in [3.63, 3.8) is 0 Å². The Morgan fingerprint density at radius 3 is 2.85 bits per heavy atom. The van der Waals surface area contributed by atoms with E-state index < -0.39 is 6.10 Å². The molecule has 2 rings (SSSR count). The minimum Gasteiger partial charge on any atom is -0.387 e. The molecule has 1 aliphatic carbocycles. The Balaban J connectivity index is 2.06. The molecule has 0 bridgehead atoms. The molecule has 0 radical (unpaired) electrons. The molecular weight excluding hydrogens is 168 g/mol. The zero-order valence-electron chi connectivity index (χ0n) is 7.59. The molecule has 3 N–H and O–H groups in total. The van der Waals surface area contributed by atoms with Gasteiger partial charge >= 0.3 is 0 Å². The van der Waals surface area contributed by atoms with Gasteiger partial charge in [0.05, 0.1) is 18.3 Å². The molecule has 1 aromatic heterocycles. The average molecular weight is 182 g/mol. The van der Waals surface area contributed by atoms with Gasteiger partial charge in [-0.05, 0) is 19.8 Å². The summed E-state index contributed by atoms with van der Waals surface area (Å²) in [6.45, 7) is 1.68. The normalized spacial score (nSPS) is 29.8. The van der Waals surface area contributed by atoms with Crippen molar-refractivity contribution in [3.8, 4) is 0 Å². The molecule has 1 aromatic rings. The van der Waals surface area contributed by atoms with E-state index in [9.17, 15) is 5.11 Å². The van der Waals surface area contributed by atoms with Crippen molar-refractivity contribution in [2.45, 2.75) is 38.0 Å². The fourth-order valence-corrected chi connectivity index (χ4v) is 1.51. The summed E-state index contributed by atoms with van der Waals surface area (Å²) >= 11 is 0. The Morgan fingerprint density at radius 2 is 2.38 bits per heavy atom. The van der Waals surface area contributed by atoms with Crippen molar-refractivity contribution in [1.29, 1.82) is 0 Å². The zero-order chi connectivity index (χ0) is 9.42. The van der Waals surface area contributed by atoms with Gasteiger partial charge in [-0.1, -0.05) is 5.21 Å². The van der Waals surface area contributed by atoms with E-state index in [4.69, 9.17) is 5.73 Å². The van der Waals surface area contributed by atoms with Crippen molar-refractivity contribution < 1.29 is 5.11 Å². The molecule has 1 aliphatic rings. The second kappa shape index (κ2) is 3.08. The van der Waals surface area contributed by atoms with E-state index in [-0.39, 0.29) is 0 Å². The van der Waals surface area contributed by atoms with Crippen LogP contribution in [0.25, 0.3) is 0 Å². The van der Waals surface area contributed by atoms with Crippen molar-refractivity contribution in [3.05, 3.63) is 11.9 Å². The van der Waals surface area contributed by atoms with E-state index in [0.29, 0.717) is 17.8 Å². The van der Waals surface area contributed by atoms with E-state index in [1.54, 1.807) is 17.8 Å². The minimum absolute atomic E-state index is 0.309. The first-order valence-electron chi connectivity index (χ1n) is 4.52. The van der Waals surface area contributed by atoms with E-state index in [2.05, 4.69) is 10.3 Å². The highest BCUT2D eigenvalue weighted by Gasteiger charge is 2.28. The molecule has 1 fully saturated rings. The molecule has 0 spiro atoms. The van der Waals surface area contributed by atoms with Gasteiger partial charge < -0.3 is 10.8 Å². The van der Waals surface area contributed by atoms with Crippen LogP contribution in [-0.4, -0.2) is 26.1 Å². The van der Waals surface area contributed by atoms with Crippen LogP contribution in [0.4, 0.5) is 0 Å². The topological polar surface area (TPSA) is 77.0 Å². The number of nitrogens with two attached hydrogens (primary N) is 1. The van der Waals surface area contributed by atoms with Gasteiger partial charge in [0.2, 0.25) is 0 Å². The third-order valence-corrected chi connectivity index (χ3v) is 2.48. The van der Waals surface area contributed by atoms with Crippen molar-refractivity contribution in [2.24, 2.45) is 5.73 Å². The van der Waals surface area contributed by atoms with Crippen LogP contribution in [-0.2, 0) is 0 Å². The third kappa shape index (κ3) is 1.57. The van der Waals surface area contributed by atoms with E-state index in [1.165, 1.54) is 0 Å². The van der Waals surface area contributed by atoms with Gasteiger partial charge in [0, 0.05) is 6.04 Å². The maximum absolute atomic E-state index is 9.22. The lowest BCUT2D eigenvalue weighted by Crippen LogP contribution is -2.37. The Kier molecular flexibility index (Phi) is 2.05. The Hall–Kier alpha value is -0.940. The molecule has 0 amide bonds. The summed E-state index contributed by atoms with van der Waals surface area (Å²) in [6.07, 6.45) is 3.18. The molecule has 0 aliphatic heterocycles. The quantitative estimate of drug-likeness (QED) is 0.674. The molecule has 1 heterocycles. The first-order chi connectivity index (χ1) is 6.16. The molecule has 72 valence electrons. The highest BCUT2D eigenvalue weighted by molar-refractivity contribution is 4.98. The monoisotopic (exact) mass is 182 g/mol. The fraction of sp³-hybridized carbons (Fsp3) is 0.750. The second-order valence-electron chi connectivity index (χ2n) is 3.68. The van der Waals surface area contributed by atoms with Crippen molar-refractivity contribution in [2.75, 3.05) is 0 Å². The first-order valence-corrected chi connectivity index (χ1v) is 4.52. The highest BCUT2D eigenvalue weighted by Crippen LogP contribution is 2.30. The van der Waals surface area contributed by atoms with Crippen LogP contribution >= 0.6 is 0 Å². The lowest BCUT2D eigenvalue weighted by Gasteiger charge is -2.31. The summed E-state index contributed by atoms with van der Waals surface area (Å²) in [7, 11) is 0. The minimum atomic E-state index is -0.539. The molecule has 1 saturated carbocycles. The SMILES string of the molecule is CC(O)c1cn([C@H]2C[C@H](N)C2)nn1. The van der Waals surface area contributed by atoms with Crippen LogP contribution in [0.2, 0.25) is 0 Å². The first kappa shape index (κ1) is 8.65.